The first-order chi connectivity index (χ1) is 13.4. The van der Waals surface area contributed by atoms with Gasteiger partial charge in [-0.2, -0.15) is 0 Å². The Morgan fingerprint density at radius 1 is 1.00 bits per heavy atom. The highest BCUT2D eigenvalue weighted by molar-refractivity contribution is 7.89. The third kappa shape index (κ3) is 4.53. The molecule has 0 bridgehead atoms. The van der Waals surface area contributed by atoms with Crippen molar-refractivity contribution in [1.82, 2.24) is 4.72 Å². The van der Waals surface area contributed by atoms with E-state index in [1.54, 1.807) is 6.07 Å². The van der Waals surface area contributed by atoms with E-state index in [4.69, 9.17) is 9.47 Å². The van der Waals surface area contributed by atoms with Crippen LogP contribution in [0.25, 0.3) is 0 Å². The summed E-state index contributed by atoms with van der Waals surface area (Å²) in [4.78, 5) is 1.65. The molecule has 1 aromatic heterocycles. The number of hydrogen-bond donors (Lipinski definition) is 2. The number of nitrogens with one attached hydrogen (secondary N) is 1. The van der Waals surface area contributed by atoms with Gasteiger partial charge in [0.1, 0.15) is 6.10 Å². The van der Waals surface area contributed by atoms with Gasteiger partial charge in [0.15, 0.2) is 11.5 Å². The zero-order chi connectivity index (χ0) is 20.1. The van der Waals surface area contributed by atoms with Crippen LogP contribution in [0.3, 0.4) is 0 Å². The topological polar surface area (TPSA) is 84.9 Å². The van der Waals surface area contributed by atoms with E-state index in [1.807, 2.05) is 42.5 Å². The number of hydrogen-bond acceptors (Lipinski definition) is 6. The second kappa shape index (κ2) is 8.74. The zero-order valence-corrected chi connectivity index (χ0v) is 17.1. The quantitative estimate of drug-likeness (QED) is 0.585. The monoisotopic (exact) mass is 419 g/mol. The molecule has 3 rings (SSSR count). The second-order valence-electron chi connectivity index (χ2n) is 5.96. The standard InChI is InChI=1S/C20H21NO5S2/c1-25-17-10-9-16(12-18(17)26-2)28(23,24)21-13-15-8-11-19(27-15)20(22)14-6-4-3-5-7-14/h3-12,20-22H,13H2,1-2H3. The molecule has 1 unspecified atom stereocenters. The van der Waals surface area contributed by atoms with Crippen LogP contribution in [0.4, 0.5) is 0 Å². The molecule has 1 heterocycles. The van der Waals surface area contributed by atoms with Gasteiger partial charge in [0.05, 0.1) is 19.1 Å². The fourth-order valence-electron chi connectivity index (χ4n) is 2.67. The van der Waals surface area contributed by atoms with Crippen LogP contribution in [0, 0.1) is 0 Å². The molecule has 28 heavy (non-hydrogen) atoms. The van der Waals surface area contributed by atoms with E-state index < -0.39 is 16.1 Å². The van der Waals surface area contributed by atoms with E-state index in [2.05, 4.69) is 4.72 Å². The molecule has 0 aliphatic rings. The van der Waals surface area contributed by atoms with Crippen LogP contribution < -0.4 is 14.2 Å². The van der Waals surface area contributed by atoms with Crippen LogP contribution >= 0.6 is 11.3 Å². The summed E-state index contributed by atoms with van der Waals surface area (Å²) < 4.78 is 38.0. The molecule has 2 aromatic carbocycles. The number of aliphatic hydroxyl groups is 1. The van der Waals surface area contributed by atoms with E-state index in [-0.39, 0.29) is 11.4 Å². The third-order valence-corrected chi connectivity index (χ3v) is 6.71. The highest BCUT2D eigenvalue weighted by atomic mass is 32.2. The Morgan fingerprint density at radius 2 is 1.71 bits per heavy atom. The molecule has 2 N–H and O–H groups in total. The minimum absolute atomic E-state index is 0.0891. The number of sulfonamides is 1. The molecular weight excluding hydrogens is 398 g/mol. The number of benzene rings is 2. The van der Waals surface area contributed by atoms with Crippen molar-refractivity contribution in [2.45, 2.75) is 17.5 Å². The van der Waals surface area contributed by atoms with Gasteiger partial charge >= 0.3 is 0 Å². The Hall–Kier alpha value is -2.39. The van der Waals surface area contributed by atoms with Crippen LogP contribution in [0.2, 0.25) is 0 Å². The molecule has 0 aliphatic carbocycles. The van der Waals surface area contributed by atoms with Gasteiger partial charge in [-0.25, -0.2) is 13.1 Å². The highest BCUT2D eigenvalue weighted by Gasteiger charge is 2.18. The molecule has 0 aliphatic heterocycles. The van der Waals surface area contributed by atoms with Gasteiger partial charge in [-0.05, 0) is 29.8 Å². The van der Waals surface area contributed by atoms with E-state index in [0.29, 0.717) is 11.5 Å². The maximum absolute atomic E-state index is 12.6. The highest BCUT2D eigenvalue weighted by Crippen LogP contribution is 2.30. The third-order valence-electron chi connectivity index (χ3n) is 4.17. The molecule has 0 saturated carbocycles. The molecular formula is C20H21NO5S2. The van der Waals surface area contributed by atoms with Gasteiger partial charge < -0.3 is 14.6 Å². The van der Waals surface area contributed by atoms with Crippen LogP contribution in [-0.4, -0.2) is 27.7 Å². The van der Waals surface area contributed by atoms with Gasteiger partial charge in [-0.1, -0.05) is 30.3 Å². The zero-order valence-electron chi connectivity index (χ0n) is 15.5. The minimum Gasteiger partial charge on any atom is -0.493 e. The van der Waals surface area contributed by atoms with Gasteiger partial charge in [0.25, 0.3) is 0 Å². The predicted octanol–water partition coefficient (Wildman–Crippen LogP) is 3.33. The molecule has 0 radical (unpaired) electrons. The summed E-state index contributed by atoms with van der Waals surface area (Å²) in [6.45, 7) is 0.128. The number of ether oxygens (including phenoxy) is 2. The van der Waals surface area contributed by atoms with Crippen LogP contribution in [0.1, 0.15) is 21.4 Å². The van der Waals surface area contributed by atoms with Crippen molar-refractivity contribution >= 4 is 21.4 Å². The SMILES string of the molecule is COc1ccc(S(=O)(=O)NCc2ccc(C(O)c3ccccc3)s2)cc1OC. The lowest BCUT2D eigenvalue weighted by molar-refractivity contribution is 0.224. The molecule has 0 amide bonds. The van der Waals surface area contributed by atoms with Crippen LogP contribution in [0.5, 0.6) is 11.5 Å². The van der Waals surface area contributed by atoms with Gasteiger partial charge in [0.2, 0.25) is 10.0 Å². The first-order valence-corrected chi connectivity index (χ1v) is 10.8. The van der Waals surface area contributed by atoms with E-state index >= 15 is 0 Å². The van der Waals surface area contributed by atoms with Crippen molar-refractivity contribution in [3.8, 4) is 11.5 Å². The number of aliphatic hydroxyl groups excluding tert-OH is 1. The fraction of sp³-hybridized carbons (Fsp3) is 0.200. The molecule has 148 valence electrons. The average Bonchev–Trinajstić information content (AvgIpc) is 3.21. The molecule has 6 nitrogen and oxygen atoms in total. The average molecular weight is 420 g/mol. The molecule has 0 fully saturated rings. The summed E-state index contributed by atoms with van der Waals surface area (Å²) >= 11 is 1.36. The predicted molar refractivity (Wildman–Crippen MR) is 108 cm³/mol. The summed E-state index contributed by atoms with van der Waals surface area (Å²) in [7, 11) is -0.781. The van der Waals surface area contributed by atoms with Crippen LogP contribution in [-0.2, 0) is 16.6 Å². The first-order valence-electron chi connectivity index (χ1n) is 8.48. The number of methoxy groups -OCH3 is 2. The Labute approximate surface area is 168 Å². The van der Waals surface area contributed by atoms with Crippen LogP contribution in [0.15, 0.2) is 65.6 Å². The van der Waals surface area contributed by atoms with Crippen molar-refractivity contribution in [1.29, 1.82) is 0 Å². The molecule has 8 heteroatoms. The Balaban J connectivity index is 1.71. The Bertz CT molecular complexity index is 1030. The Kier molecular flexibility index (Phi) is 6.35. The summed E-state index contributed by atoms with van der Waals surface area (Å²) in [5.74, 6) is 0.800. The molecule has 0 saturated heterocycles. The van der Waals surface area contributed by atoms with E-state index in [1.165, 1.54) is 37.7 Å². The Morgan fingerprint density at radius 3 is 2.39 bits per heavy atom. The normalized spacial score (nSPS) is 12.5. The molecule has 0 spiro atoms. The summed E-state index contributed by atoms with van der Waals surface area (Å²) in [6, 6.07) is 17.4. The largest absolute Gasteiger partial charge is 0.493 e. The van der Waals surface area contributed by atoms with E-state index in [0.717, 1.165) is 15.3 Å². The van der Waals surface area contributed by atoms with Crippen molar-refractivity contribution in [3.63, 3.8) is 0 Å². The summed E-state index contributed by atoms with van der Waals surface area (Å²) in [6.07, 6.45) is -0.734. The minimum atomic E-state index is -3.72. The second-order valence-corrected chi connectivity index (χ2v) is 8.93. The summed E-state index contributed by atoms with van der Waals surface area (Å²) in [5, 5.41) is 10.5. The lowest BCUT2D eigenvalue weighted by Gasteiger charge is -2.11. The lowest BCUT2D eigenvalue weighted by Crippen LogP contribution is -2.22. The van der Waals surface area contributed by atoms with Crippen molar-refractivity contribution in [2.24, 2.45) is 0 Å². The first kappa shape index (κ1) is 20.3. The summed E-state index contributed by atoms with van der Waals surface area (Å²) in [5.41, 5.74) is 0.793. The van der Waals surface area contributed by atoms with Crippen molar-refractivity contribution in [3.05, 3.63) is 76.0 Å². The maximum atomic E-state index is 12.6. The van der Waals surface area contributed by atoms with Gasteiger partial charge in [-0.3, -0.25) is 0 Å². The van der Waals surface area contributed by atoms with Crippen molar-refractivity contribution in [2.75, 3.05) is 14.2 Å². The van der Waals surface area contributed by atoms with Crippen molar-refractivity contribution < 1.29 is 23.0 Å². The fourth-order valence-corrected chi connectivity index (χ4v) is 4.75. The van der Waals surface area contributed by atoms with Gasteiger partial charge in [-0.15, -0.1) is 11.3 Å². The van der Waals surface area contributed by atoms with Gasteiger partial charge in [0, 0.05) is 22.4 Å². The number of rotatable bonds is 8. The van der Waals surface area contributed by atoms with E-state index in [9.17, 15) is 13.5 Å². The molecule has 3 aromatic rings. The lowest BCUT2D eigenvalue weighted by atomic mass is 10.1. The number of thiophene rings is 1. The smallest absolute Gasteiger partial charge is 0.241 e. The maximum Gasteiger partial charge on any atom is 0.241 e. The molecule has 1 atom stereocenters.